The molecule has 3 aromatic rings. The second kappa shape index (κ2) is 6.51. The first-order valence-corrected chi connectivity index (χ1v) is 7.35. The molecule has 0 spiro atoms. The third-order valence-corrected chi connectivity index (χ3v) is 3.39. The lowest BCUT2D eigenvalue weighted by Gasteiger charge is -2.07. The molecule has 10 heteroatoms. The summed E-state index contributed by atoms with van der Waals surface area (Å²) in [6.07, 6.45) is 0. The highest BCUT2D eigenvalue weighted by Crippen LogP contribution is 2.23. The van der Waals surface area contributed by atoms with Gasteiger partial charge in [0.05, 0.1) is 6.54 Å². The monoisotopic (exact) mass is 374 g/mol. The normalized spacial score (nSPS) is 10.5. The van der Waals surface area contributed by atoms with Crippen molar-refractivity contribution in [1.82, 2.24) is 19.9 Å². The van der Waals surface area contributed by atoms with E-state index < -0.39 is 0 Å². The number of H-pyrrole nitrogens is 1. The van der Waals surface area contributed by atoms with Crippen LogP contribution in [0.5, 0.6) is 5.88 Å². The van der Waals surface area contributed by atoms with Crippen LogP contribution < -0.4 is 10.5 Å². The summed E-state index contributed by atoms with van der Waals surface area (Å²) in [7, 11) is 0. The Balaban J connectivity index is 1.76. The topological polar surface area (TPSA) is 138 Å². The lowest BCUT2D eigenvalue weighted by Crippen LogP contribution is -2.02. The number of ether oxygens (including phenoxy) is 1. The molecule has 0 amide bonds. The van der Waals surface area contributed by atoms with Gasteiger partial charge in [-0.2, -0.15) is 9.97 Å². The van der Waals surface area contributed by atoms with Gasteiger partial charge in [-0.1, -0.05) is 29.4 Å². The van der Waals surface area contributed by atoms with Gasteiger partial charge in [-0.3, -0.25) is 0 Å². The Morgan fingerprint density at radius 1 is 1.22 bits per heavy atom. The number of nitrogens with one attached hydrogen (secondary N) is 1. The number of hydrogen-bond acceptors (Lipinski definition) is 6. The minimum atomic E-state index is 0.105. The Morgan fingerprint density at radius 2 is 1.96 bits per heavy atom. The minimum Gasteiger partial charge on any atom is -0.471 e. The van der Waals surface area contributed by atoms with E-state index in [9.17, 15) is 0 Å². The van der Waals surface area contributed by atoms with Crippen molar-refractivity contribution in [2.75, 3.05) is 5.73 Å². The van der Waals surface area contributed by atoms with Gasteiger partial charge in [-0.15, -0.1) is 0 Å². The van der Waals surface area contributed by atoms with E-state index in [1.54, 1.807) is 0 Å². The van der Waals surface area contributed by atoms with Gasteiger partial charge in [0.25, 0.3) is 0 Å². The lowest BCUT2D eigenvalue weighted by atomic mass is 10.1. The number of nitrogen functional groups attached to an aromatic ring is 1. The van der Waals surface area contributed by atoms with E-state index in [0.29, 0.717) is 34.9 Å². The Kier molecular flexibility index (Phi) is 4.26. The lowest BCUT2D eigenvalue weighted by molar-refractivity contribution is 0.297. The number of aromatic nitrogens is 4. The molecule has 2 aromatic heterocycles. The fraction of sp³-hybridized carbons (Fsp3) is 0.154. The summed E-state index contributed by atoms with van der Waals surface area (Å²) in [4.78, 5) is 18.0. The van der Waals surface area contributed by atoms with Crippen LogP contribution in [0.4, 0.5) is 5.95 Å². The Morgan fingerprint density at radius 3 is 2.70 bits per heavy atom. The number of hydrogen-bond donors (Lipinski definition) is 2. The second-order valence-corrected chi connectivity index (χ2v) is 5.36. The van der Waals surface area contributed by atoms with Crippen molar-refractivity contribution in [3.05, 3.63) is 50.6 Å². The molecule has 3 N–H and O–H groups in total. The molecule has 0 saturated carbocycles. The molecule has 0 saturated heterocycles. The van der Waals surface area contributed by atoms with Crippen molar-refractivity contribution >= 4 is 33.0 Å². The summed E-state index contributed by atoms with van der Waals surface area (Å²) in [5.41, 5.74) is 16.8. The van der Waals surface area contributed by atoms with Crippen LogP contribution in [0.1, 0.15) is 11.1 Å². The van der Waals surface area contributed by atoms with Gasteiger partial charge in [0, 0.05) is 4.91 Å². The van der Waals surface area contributed by atoms with Crippen LogP contribution in [0.3, 0.4) is 0 Å². The highest BCUT2D eigenvalue weighted by atomic mass is 79.9. The molecule has 2 heterocycles. The fourth-order valence-corrected chi connectivity index (χ4v) is 2.33. The fourth-order valence-electron chi connectivity index (χ4n) is 1.97. The summed E-state index contributed by atoms with van der Waals surface area (Å²) < 4.78 is 6.23. The first-order chi connectivity index (χ1) is 11.2. The van der Waals surface area contributed by atoms with E-state index in [-0.39, 0.29) is 5.95 Å². The zero-order chi connectivity index (χ0) is 16.2. The van der Waals surface area contributed by atoms with Crippen LogP contribution in [0, 0.1) is 0 Å². The summed E-state index contributed by atoms with van der Waals surface area (Å²) >= 11 is 3.24. The van der Waals surface area contributed by atoms with Gasteiger partial charge < -0.3 is 15.5 Å². The molecular weight excluding hydrogens is 364 g/mol. The molecule has 0 aliphatic rings. The molecule has 0 fully saturated rings. The Hall–Kier alpha value is -2.84. The van der Waals surface area contributed by atoms with Crippen LogP contribution in [0.15, 0.2) is 34.1 Å². The maximum atomic E-state index is 8.31. The number of halogens is 1. The van der Waals surface area contributed by atoms with Crippen LogP contribution in [0.2, 0.25) is 0 Å². The number of imidazole rings is 1. The number of nitrogens with zero attached hydrogens (tertiary/aromatic N) is 6. The molecule has 1 aromatic carbocycles. The minimum absolute atomic E-state index is 0.105. The molecule has 0 radical (unpaired) electrons. The van der Waals surface area contributed by atoms with Crippen molar-refractivity contribution in [2.45, 2.75) is 13.2 Å². The molecular formula is C13H11BrN8O. The molecule has 0 bridgehead atoms. The van der Waals surface area contributed by atoms with Gasteiger partial charge in [0.1, 0.15) is 6.61 Å². The second-order valence-electron chi connectivity index (χ2n) is 4.61. The van der Waals surface area contributed by atoms with Crippen molar-refractivity contribution < 1.29 is 4.74 Å². The van der Waals surface area contributed by atoms with Crippen LogP contribution in [-0.2, 0) is 13.2 Å². The smallest absolute Gasteiger partial charge is 0.247 e. The molecule has 0 aliphatic carbocycles. The van der Waals surface area contributed by atoms with Gasteiger partial charge in [-0.25, -0.2) is 4.98 Å². The molecule has 0 atom stereocenters. The quantitative estimate of drug-likeness (QED) is 0.305. The van der Waals surface area contributed by atoms with Crippen LogP contribution in [0.25, 0.3) is 21.6 Å². The summed E-state index contributed by atoms with van der Waals surface area (Å²) in [6, 6.07) is 7.54. The highest BCUT2D eigenvalue weighted by Gasteiger charge is 2.12. The zero-order valence-corrected chi connectivity index (χ0v) is 13.4. The summed E-state index contributed by atoms with van der Waals surface area (Å²) in [5.74, 6) is 0.418. The van der Waals surface area contributed by atoms with Gasteiger partial charge in [0.2, 0.25) is 11.8 Å². The van der Waals surface area contributed by atoms with E-state index >= 15 is 0 Å². The predicted octanol–water partition coefficient (Wildman–Crippen LogP) is 3.09. The van der Waals surface area contributed by atoms with E-state index in [1.165, 1.54) is 0 Å². The number of aromatic amines is 1. The number of rotatable bonds is 5. The molecule has 9 nitrogen and oxygen atoms in total. The maximum Gasteiger partial charge on any atom is 0.247 e. The third kappa shape index (κ3) is 3.50. The SMILES string of the molecule is [N-]=[N+]=NCc1ccc(COc2nc(N)nc3[nH]c(Br)nc23)cc1. The van der Waals surface area contributed by atoms with E-state index in [1.807, 2.05) is 24.3 Å². The van der Waals surface area contributed by atoms with Gasteiger partial charge in [-0.05, 0) is 32.6 Å². The number of fused-ring (bicyclic) bond motifs is 1. The molecule has 116 valence electrons. The van der Waals surface area contributed by atoms with Crippen LogP contribution >= 0.6 is 15.9 Å². The molecule has 23 heavy (non-hydrogen) atoms. The van der Waals surface area contributed by atoms with Gasteiger partial charge >= 0.3 is 0 Å². The number of benzene rings is 1. The highest BCUT2D eigenvalue weighted by molar-refractivity contribution is 9.10. The third-order valence-electron chi connectivity index (χ3n) is 3.02. The predicted molar refractivity (Wildman–Crippen MR) is 87.4 cm³/mol. The van der Waals surface area contributed by atoms with Crippen molar-refractivity contribution in [3.8, 4) is 5.88 Å². The molecule has 0 aliphatic heterocycles. The zero-order valence-electron chi connectivity index (χ0n) is 11.8. The first kappa shape index (κ1) is 15.1. The maximum absolute atomic E-state index is 8.31. The average molecular weight is 375 g/mol. The Labute approximate surface area is 138 Å². The molecule has 3 rings (SSSR count). The summed E-state index contributed by atoms with van der Waals surface area (Å²) in [5, 5.41) is 3.51. The van der Waals surface area contributed by atoms with E-state index in [0.717, 1.165) is 11.1 Å². The number of azide groups is 1. The standard InChI is InChI=1S/C13H11BrN8O/c14-12-18-9-10(19-12)20-13(15)21-11(9)23-6-8-3-1-7(2-4-8)5-17-22-16/h1-4H,5-6H2,(H3,15,18,19,20,21). The van der Waals surface area contributed by atoms with Gasteiger partial charge in [0.15, 0.2) is 15.9 Å². The number of nitrogens with two attached hydrogens (primary N) is 1. The number of anilines is 1. The van der Waals surface area contributed by atoms with Crippen molar-refractivity contribution in [3.63, 3.8) is 0 Å². The van der Waals surface area contributed by atoms with Crippen molar-refractivity contribution in [1.29, 1.82) is 0 Å². The van der Waals surface area contributed by atoms with E-state index in [2.05, 4.69) is 45.9 Å². The Bertz CT molecular complexity index is 885. The first-order valence-electron chi connectivity index (χ1n) is 6.56. The summed E-state index contributed by atoms with van der Waals surface area (Å²) in [6.45, 7) is 0.625. The largest absolute Gasteiger partial charge is 0.471 e. The molecule has 0 unspecified atom stereocenters. The van der Waals surface area contributed by atoms with E-state index in [4.69, 9.17) is 16.0 Å². The average Bonchev–Trinajstić information content (AvgIpc) is 2.91. The van der Waals surface area contributed by atoms with Crippen molar-refractivity contribution in [2.24, 2.45) is 5.11 Å². The van der Waals surface area contributed by atoms with Crippen LogP contribution in [-0.4, -0.2) is 19.9 Å².